The van der Waals surface area contributed by atoms with Crippen molar-refractivity contribution in [3.05, 3.63) is 33.9 Å². The normalized spacial score (nSPS) is 12.4. The zero-order chi connectivity index (χ0) is 11.4. The fraction of sp³-hybridized carbons (Fsp3) is 0.400. The van der Waals surface area contributed by atoms with Gasteiger partial charge in [0.05, 0.1) is 4.92 Å². The van der Waals surface area contributed by atoms with Gasteiger partial charge in [-0.15, -0.1) is 0 Å². The van der Waals surface area contributed by atoms with Gasteiger partial charge in [-0.1, -0.05) is 6.07 Å². The Balaban J connectivity index is 2.78. The summed E-state index contributed by atoms with van der Waals surface area (Å²) in [4.78, 5) is 9.82. The Morgan fingerprint density at radius 1 is 1.60 bits per heavy atom. The maximum Gasteiger partial charge on any atom is 0.310 e. The third-order valence-corrected chi connectivity index (χ3v) is 2.12. The smallest absolute Gasteiger partial charge is 0.310 e. The molecule has 0 saturated heterocycles. The fourth-order valence-electron chi connectivity index (χ4n) is 1.27. The van der Waals surface area contributed by atoms with Gasteiger partial charge >= 0.3 is 5.69 Å². The molecule has 0 aromatic heterocycles. The number of hydrogen-bond acceptors (Lipinski definition) is 4. The number of hydrogen-bond donors (Lipinski definition) is 2. The second kappa shape index (κ2) is 4.75. The van der Waals surface area contributed by atoms with Crippen molar-refractivity contribution in [1.82, 2.24) is 0 Å². The molecule has 1 aromatic carbocycles. The van der Waals surface area contributed by atoms with Crippen LogP contribution >= 0.6 is 0 Å². The highest BCUT2D eigenvalue weighted by Gasteiger charge is 2.12. The maximum atomic E-state index is 10.4. The summed E-state index contributed by atoms with van der Waals surface area (Å²) in [7, 11) is 0. The van der Waals surface area contributed by atoms with Gasteiger partial charge in [0.2, 0.25) is 0 Å². The fourth-order valence-corrected chi connectivity index (χ4v) is 1.27. The predicted molar refractivity (Wildman–Crippen MR) is 56.7 cm³/mol. The molecule has 82 valence electrons. The second-order valence-electron chi connectivity index (χ2n) is 3.60. The van der Waals surface area contributed by atoms with Crippen LogP contribution in [0.15, 0.2) is 18.2 Å². The lowest BCUT2D eigenvalue weighted by Crippen LogP contribution is -2.15. The lowest BCUT2D eigenvalue weighted by atomic mass is 10.1. The van der Waals surface area contributed by atoms with Crippen molar-refractivity contribution in [2.75, 3.05) is 0 Å². The molecule has 0 unspecified atom stereocenters. The molecule has 5 heteroatoms. The van der Waals surface area contributed by atoms with Crippen molar-refractivity contribution in [1.29, 1.82) is 0 Å². The first kappa shape index (κ1) is 11.5. The van der Waals surface area contributed by atoms with E-state index in [0.29, 0.717) is 6.42 Å². The Hall–Kier alpha value is -1.62. The molecule has 5 nitrogen and oxygen atoms in total. The van der Waals surface area contributed by atoms with E-state index < -0.39 is 4.92 Å². The number of aromatic hydroxyl groups is 1. The quantitative estimate of drug-likeness (QED) is 0.583. The maximum absolute atomic E-state index is 10.4. The number of phenolic OH excluding ortho intramolecular Hbond substituents is 1. The third-order valence-electron chi connectivity index (χ3n) is 2.12. The molecule has 1 atom stereocenters. The number of aryl methyl sites for hydroxylation is 1. The average Bonchev–Trinajstić information content (AvgIpc) is 2.14. The van der Waals surface area contributed by atoms with Crippen LogP contribution in [-0.2, 0) is 6.42 Å². The number of benzene rings is 1. The van der Waals surface area contributed by atoms with Crippen LogP contribution in [0.2, 0.25) is 0 Å². The minimum Gasteiger partial charge on any atom is -0.502 e. The molecule has 0 aliphatic carbocycles. The summed E-state index contributed by atoms with van der Waals surface area (Å²) < 4.78 is 0. The molecular formula is C10H14N2O3. The number of nitrogens with two attached hydrogens (primary N) is 1. The van der Waals surface area contributed by atoms with Crippen LogP contribution in [0.5, 0.6) is 5.75 Å². The van der Waals surface area contributed by atoms with E-state index in [1.54, 1.807) is 6.07 Å². The molecule has 0 aliphatic heterocycles. The van der Waals surface area contributed by atoms with E-state index in [1.165, 1.54) is 12.1 Å². The highest BCUT2D eigenvalue weighted by Crippen LogP contribution is 2.26. The Kier molecular flexibility index (Phi) is 3.62. The standard InChI is InChI=1S/C10H14N2O3/c1-7(11)2-3-8-4-5-9(12(14)15)10(13)6-8/h4-7,13H,2-3,11H2,1H3/t7-/m0/s1. The Morgan fingerprint density at radius 3 is 2.73 bits per heavy atom. The van der Waals surface area contributed by atoms with Gasteiger partial charge in [-0.25, -0.2) is 0 Å². The zero-order valence-corrected chi connectivity index (χ0v) is 8.51. The SMILES string of the molecule is C[C@H](N)CCc1ccc([N+](=O)[O-])c(O)c1. The summed E-state index contributed by atoms with van der Waals surface area (Å²) in [5, 5.41) is 19.8. The topological polar surface area (TPSA) is 89.4 Å². The second-order valence-corrected chi connectivity index (χ2v) is 3.60. The molecule has 0 saturated carbocycles. The third kappa shape index (κ3) is 3.21. The van der Waals surface area contributed by atoms with Crippen LogP contribution in [-0.4, -0.2) is 16.1 Å². The number of nitro groups is 1. The number of nitrogens with zero attached hydrogens (tertiary/aromatic N) is 1. The lowest BCUT2D eigenvalue weighted by molar-refractivity contribution is -0.385. The van der Waals surface area contributed by atoms with Crippen molar-refractivity contribution in [2.24, 2.45) is 5.73 Å². The van der Waals surface area contributed by atoms with Gasteiger partial charge in [-0.05, 0) is 31.4 Å². The van der Waals surface area contributed by atoms with Crippen molar-refractivity contribution in [3.63, 3.8) is 0 Å². The van der Waals surface area contributed by atoms with Gasteiger partial charge in [-0.2, -0.15) is 0 Å². The van der Waals surface area contributed by atoms with Crippen LogP contribution in [0.25, 0.3) is 0 Å². The monoisotopic (exact) mass is 210 g/mol. The van der Waals surface area contributed by atoms with Crippen LogP contribution in [0.1, 0.15) is 18.9 Å². The summed E-state index contributed by atoms with van der Waals surface area (Å²) in [6, 6.07) is 4.45. The van der Waals surface area contributed by atoms with E-state index in [9.17, 15) is 15.2 Å². The van der Waals surface area contributed by atoms with Gasteiger partial charge in [0.15, 0.2) is 5.75 Å². The molecule has 3 N–H and O–H groups in total. The van der Waals surface area contributed by atoms with Crippen LogP contribution < -0.4 is 5.73 Å². The Bertz CT molecular complexity index is 364. The molecule has 0 fully saturated rings. The highest BCUT2D eigenvalue weighted by molar-refractivity contribution is 5.47. The number of rotatable bonds is 4. The Morgan fingerprint density at radius 2 is 2.27 bits per heavy atom. The van der Waals surface area contributed by atoms with Gasteiger partial charge in [0.25, 0.3) is 0 Å². The summed E-state index contributed by atoms with van der Waals surface area (Å²) in [6.45, 7) is 1.89. The summed E-state index contributed by atoms with van der Waals surface area (Å²) in [5.41, 5.74) is 6.18. The van der Waals surface area contributed by atoms with Crippen molar-refractivity contribution in [3.8, 4) is 5.75 Å². The average molecular weight is 210 g/mol. The minimum atomic E-state index is -0.606. The van der Waals surface area contributed by atoms with Gasteiger partial charge < -0.3 is 10.8 Å². The van der Waals surface area contributed by atoms with Crippen molar-refractivity contribution in [2.45, 2.75) is 25.8 Å². The molecule has 0 bridgehead atoms. The van der Waals surface area contributed by atoms with E-state index in [0.717, 1.165) is 12.0 Å². The summed E-state index contributed by atoms with van der Waals surface area (Å²) >= 11 is 0. The van der Waals surface area contributed by atoms with E-state index >= 15 is 0 Å². The predicted octanol–water partition coefficient (Wildman–Crippen LogP) is 1.58. The van der Waals surface area contributed by atoms with E-state index in [4.69, 9.17) is 5.73 Å². The van der Waals surface area contributed by atoms with E-state index in [1.807, 2.05) is 6.92 Å². The lowest BCUT2D eigenvalue weighted by Gasteiger charge is -2.05. The van der Waals surface area contributed by atoms with Crippen LogP contribution in [0, 0.1) is 10.1 Å². The molecule has 0 aliphatic rings. The molecule has 15 heavy (non-hydrogen) atoms. The summed E-state index contributed by atoms with van der Waals surface area (Å²) in [6.07, 6.45) is 1.50. The molecule has 0 amide bonds. The molecule has 0 heterocycles. The van der Waals surface area contributed by atoms with Gasteiger partial charge in [-0.3, -0.25) is 10.1 Å². The molecule has 1 rings (SSSR count). The van der Waals surface area contributed by atoms with Crippen molar-refractivity contribution < 1.29 is 10.0 Å². The first-order valence-corrected chi connectivity index (χ1v) is 4.72. The number of phenols is 1. The zero-order valence-electron chi connectivity index (χ0n) is 8.51. The number of nitro benzene ring substituents is 1. The molecular weight excluding hydrogens is 196 g/mol. The highest BCUT2D eigenvalue weighted by atomic mass is 16.6. The van der Waals surface area contributed by atoms with Crippen LogP contribution in [0.4, 0.5) is 5.69 Å². The van der Waals surface area contributed by atoms with Gasteiger partial charge in [0, 0.05) is 12.1 Å². The minimum absolute atomic E-state index is 0.0855. The first-order chi connectivity index (χ1) is 7.00. The van der Waals surface area contributed by atoms with E-state index in [2.05, 4.69) is 0 Å². The molecule has 1 aromatic rings. The van der Waals surface area contributed by atoms with Crippen LogP contribution in [0.3, 0.4) is 0 Å². The summed E-state index contributed by atoms with van der Waals surface area (Å²) in [5.74, 6) is -0.290. The van der Waals surface area contributed by atoms with Gasteiger partial charge in [0.1, 0.15) is 0 Å². The van der Waals surface area contributed by atoms with Crippen molar-refractivity contribution >= 4 is 5.69 Å². The Labute approximate surface area is 87.7 Å². The largest absolute Gasteiger partial charge is 0.502 e. The molecule has 0 radical (unpaired) electrons. The first-order valence-electron chi connectivity index (χ1n) is 4.72. The molecule has 0 spiro atoms. The van der Waals surface area contributed by atoms with E-state index in [-0.39, 0.29) is 17.5 Å².